The minimum atomic E-state index is -1.37. The van der Waals surface area contributed by atoms with Crippen molar-refractivity contribution in [3.63, 3.8) is 0 Å². The van der Waals surface area contributed by atoms with Crippen molar-refractivity contribution >= 4 is 22.6 Å². The van der Waals surface area contributed by atoms with Gasteiger partial charge in [-0.2, -0.15) is 0 Å². The van der Waals surface area contributed by atoms with Crippen LogP contribution in [0.5, 0.6) is 5.75 Å². The summed E-state index contributed by atoms with van der Waals surface area (Å²) in [6.45, 7) is 2.06. The zero-order valence-electron chi connectivity index (χ0n) is 10.5. The van der Waals surface area contributed by atoms with Gasteiger partial charge >= 0.3 is 5.97 Å². The van der Waals surface area contributed by atoms with Crippen molar-refractivity contribution in [3.05, 3.63) is 33.9 Å². The second-order valence-corrected chi connectivity index (χ2v) is 4.74. The third-order valence-corrected chi connectivity index (χ3v) is 3.44. The second kappa shape index (κ2) is 3.96. The lowest BCUT2D eigenvalue weighted by Crippen LogP contribution is -2.27. The number of aromatic nitrogens is 1. The summed E-state index contributed by atoms with van der Waals surface area (Å²) in [5.74, 6) is -1.98. The summed E-state index contributed by atoms with van der Waals surface area (Å²) in [6, 6.07) is 0.925. The van der Waals surface area contributed by atoms with E-state index in [0.717, 1.165) is 6.07 Å². The number of rotatable bonds is 1. The Morgan fingerprint density at radius 1 is 1.60 bits per heavy atom. The van der Waals surface area contributed by atoms with Crippen molar-refractivity contribution in [2.24, 2.45) is 0 Å². The van der Waals surface area contributed by atoms with E-state index < -0.39 is 22.8 Å². The van der Waals surface area contributed by atoms with Crippen LogP contribution in [0, 0.1) is 5.82 Å². The van der Waals surface area contributed by atoms with Crippen molar-refractivity contribution in [1.82, 2.24) is 4.57 Å². The van der Waals surface area contributed by atoms with Gasteiger partial charge in [-0.15, -0.1) is 0 Å². The summed E-state index contributed by atoms with van der Waals surface area (Å²) in [7, 11) is 0. The Morgan fingerprint density at radius 3 is 2.95 bits per heavy atom. The van der Waals surface area contributed by atoms with Gasteiger partial charge < -0.3 is 20.1 Å². The van der Waals surface area contributed by atoms with Crippen LogP contribution in [-0.4, -0.2) is 22.2 Å². The summed E-state index contributed by atoms with van der Waals surface area (Å²) in [6.07, 6.45) is 1.25. The molecule has 1 aromatic heterocycles. The van der Waals surface area contributed by atoms with Crippen LogP contribution >= 0.6 is 0 Å². The Labute approximate surface area is 112 Å². The maximum atomic E-state index is 13.8. The van der Waals surface area contributed by atoms with Crippen LogP contribution in [0.1, 0.15) is 23.3 Å². The predicted octanol–water partition coefficient (Wildman–Crippen LogP) is 1.37. The number of pyridine rings is 1. The molecule has 0 saturated heterocycles. The van der Waals surface area contributed by atoms with E-state index in [1.54, 1.807) is 11.5 Å². The first kappa shape index (κ1) is 12.5. The highest BCUT2D eigenvalue weighted by Crippen LogP contribution is 2.35. The highest BCUT2D eigenvalue weighted by molar-refractivity contribution is 6.00. The van der Waals surface area contributed by atoms with Gasteiger partial charge in [0.1, 0.15) is 17.9 Å². The molecule has 1 aromatic carbocycles. The average molecular weight is 278 g/mol. The highest BCUT2D eigenvalue weighted by Gasteiger charge is 2.26. The number of ether oxygens (including phenoxy) is 1. The molecule has 1 aliphatic rings. The maximum Gasteiger partial charge on any atom is 0.341 e. The molecule has 104 valence electrons. The minimum absolute atomic E-state index is 0.147. The number of anilines is 1. The van der Waals surface area contributed by atoms with Gasteiger partial charge in [0.05, 0.1) is 22.6 Å². The molecule has 0 unspecified atom stereocenters. The van der Waals surface area contributed by atoms with Crippen molar-refractivity contribution in [3.8, 4) is 5.75 Å². The van der Waals surface area contributed by atoms with E-state index in [-0.39, 0.29) is 29.5 Å². The fraction of sp³-hybridized carbons (Fsp3) is 0.231. The molecule has 2 heterocycles. The summed E-state index contributed by atoms with van der Waals surface area (Å²) < 4.78 is 20.7. The monoisotopic (exact) mass is 278 g/mol. The molecular formula is C13H11FN2O4. The van der Waals surface area contributed by atoms with E-state index in [0.29, 0.717) is 5.52 Å². The zero-order valence-corrected chi connectivity index (χ0v) is 10.5. The molecule has 3 rings (SSSR count). The van der Waals surface area contributed by atoms with Gasteiger partial charge in [0.2, 0.25) is 5.43 Å². The van der Waals surface area contributed by atoms with Crippen molar-refractivity contribution in [1.29, 1.82) is 0 Å². The van der Waals surface area contributed by atoms with Crippen LogP contribution in [0.4, 0.5) is 10.1 Å². The number of halogens is 1. The van der Waals surface area contributed by atoms with E-state index >= 15 is 0 Å². The molecule has 1 aliphatic heterocycles. The van der Waals surface area contributed by atoms with Crippen LogP contribution < -0.4 is 15.9 Å². The van der Waals surface area contributed by atoms with Gasteiger partial charge in [0.25, 0.3) is 0 Å². The smallest absolute Gasteiger partial charge is 0.341 e. The molecule has 20 heavy (non-hydrogen) atoms. The van der Waals surface area contributed by atoms with Crippen LogP contribution in [0.15, 0.2) is 17.1 Å². The Bertz CT molecular complexity index is 812. The fourth-order valence-corrected chi connectivity index (χ4v) is 2.42. The first-order valence-corrected chi connectivity index (χ1v) is 5.94. The number of carboxylic acids is 1. The summed E-state index contributed by atoms with van der Waals surface area (Å²) in [5, 5.41) is 8.95. The summed E-state index contributed by atoms with van der Waals surface area (Å²) in [5.41, 5.74) is 4.34. The molecule has 1 atom stereocenters. The van der Waals surface area contributed by atoms with Crippen molar-refractivity contribution in [2.45, 2.75) is 13.0 Å². The highest BCUT2D eigenvalue weighted by atomic mass is 19.1. The topological polar surface area (TPSA) is 94.6 Å². The number of carboxylic acid groups (broad SMARTS) is 1. The number of benzene rings is 1. The van der Waals surface area contributed by atoms with E-state index in [2.05, 4.69) is 0 Å². The third-order valence-electron chi connectivity index (χ3n) is 3.44. The number of hydrogen-bond donors (Lipinski definition) is 2. The number of nitrogens with zero attached hydrogens (tertiary/aromatic N) is 1. The van der Waals surface area contributed by atoms with Crippen molar-refractivity contribution in [2.75, 3.05) is 12.3 Å². The average Bonchev–Trinajstić information content (AvgIpc) is 2.39. The second-order valence-electron chi connectivity index (χ2n) is 4.74. The van der Waals surface area contributed by atoms with E-state index in [1.165, 1.54) is 6.20 Å². The van der Waals surface area contributed by atoms with Crippen molar-refractivity contribution < 1.29 is 19.0 Å². The Morgan fingerprint density at radius 2 is 2.30 bits per heavy atom. The summed E-state index contributed by atoms with van der Waals surface area (Å²) in [4.78, 5) is 23.4. The lowest BCUT2D eigenvalue weighted by molar-refractivity contribution is 0.0694. The van der Waals surface area contributed by atoms with Gasteiger partial charge in [0, 0.05) is 12.3 Å². The minimum Gasteiger partial charge on any atom is -0.489 e. The van der Waals surface area contributed by atoms with E-state index in [1.807, 2.05) is 0 Å². The molecule has 0 amide bonds. The third kappa shape index (κ3) is 1.49. The van der Waals surface area contributed by atoms with Gasteiger partial charge in [-0.25, -0.2) is 9.18 Å². The first-order valence-electron chi connectivity index (χ1n) is 5.94. The number of nitrogen functional groups attached to an aromatic ring is 1. The molecule has 0 aliphatic carbocycles. The molecule has 0 saturated carbocycles. The van der Waals surface area contributed by atoms with E-state index in [9.17, 15) is 14.0 Å². The number of aromatic carboxylic acids is 1. The van der Waals surface area contributed by atoms with Gasteiger partial charge in [-0.1, -0.05) is 0 Å². The van der Waals surface area contributed by atoms with Crippen LogP contribution in [0.25, 0.3) is 10.9 Å². The molecule has 6 nitrogen and oxygen atoms in total. The van der Waals surface area contributed by atoms with Gasteiger partial charge in [-0.05, 0) is 6.92 Å². The number of carbonyl (C=O) groups is 1. The molecule has 0 bridgehead atoms. The molecular weight excluding hydrogens is 267 g/mol. The standard InChI is InChI=1S/C13H11FN2O4/c1-5-4-20-8-2-7(14)10(15)9-11(8)16(5)3-6(12(9)17)13(18)19/h2-3,5H,4,15H2,1H3,(H,18,19)/t5-/m0/s1. The van der Waals surface area contributed by atoms with Crippen LogP contribution in [0.2, 0.25) is 0 Å². The normalized spacial score (nSPS) is 17.0. The largest absolute Gasteiger partial charge is 0.489 e. The van der Waals surface area contributed by atoms with Gasteiger partial charge in [0.15, 0.2) is 5.82 Å². The predicted molar refractivity (Wildman–Crippen MR) is 69.7 cm³/mol. The number of hydrogen-bond acceptors (Lipinski definition) is 4. The SMILES string of the molecule is C[C@H]1COc2cc(F)c(N)c3c(=O)c(C(=O)O)cn1c23. The zero-order chi connectivity index (χ0) is 14.6. The lowest BCUT2D eigenvalue weighted by atomic mass is 10.1. The Hall–Kier alpha value is -2.57. The maximum absolute atomic E-state index is 13.8. The number of nitrogens with two attached hydrogens (primary N) is 1. The lowest BCUT2D eigenvalue weighted by Gasteiger charge is -2.27. The first-order chi connectivity index (χ1) is 9.41. The molecule has 0 radical (unpaired) electrons. The summed E-state index contributed by atoms with van der Waals surface area (Å²) >= 11 is 0. The molecule has 2 aromatic rings. The molecule has 3 N–H and O–H groups in total. The van der Waals surface area contributed by atoms with E-state index in [4.69, 9.17) is 15.6 Å². The molecule has 0 fully saturated rings. The van der Waals surface area contributed by atoms with Crippen LogP contribution in [0.3, 0.4) is 0 Å². The Kier molecular flexibility index (Phi) is 2.47. The molecule has 7 heteroatoms. The Balaban J connectivity index is 2.60. The van der Waals surface area contributed by atoms with Gasteiger partial charge in [-0.3, -0.25) is 4.79 Å². The van der Waals surface area contributed by atoms with Crippen LogP contribution in [-0.2, 0) is 0 Å². The quantitative estimate of drug-likeness (QED) is 0.768. The fourth-order valence-electron chi connectivity index (χ4n) is 2.42. The molecule has 0 spiro atoms.